The fraction of sp³-hybridized carbons (Fsp3) is 0.667. The maximum absolute atomic E-state index is 11.9. The lowest BCUT2D eigenvalue weighted by atomic mass is 10.3. The third-order valence-electron chi connectivity index (χ3n) is 2.16. The number of hydrogen-bond acceptors (Lipinski definition) is 5. The Labute approximate surface area is 94.7 Å². The van der Waals surface area contributed by atoms with Crippen LogP contribution in [-0.2, 0) is 10.0 Å². The van der Waals surface area contributed by atoms with Crippen molar-refractivity contribution in [1.82, 2.24) is 9.88 Å². The van der Waals surface area contributed by atoms with Gasteiger partial charge in [-0.1, -0.05) is 5.16 Å². The van der Waals surface area contributed by atoms with Crippen LogP contribution in [-0.4, -0.2) is 31.3 Å². The van der Waals surface area contributed by atoms with E-state index in [4.69, 9.17) is 9.63 Å². The second kappa shape index (κ2) is 4.94. The largest absolute Gasteiger partial charge is 0.396 e. The van der Waals surface area contributed by atoms with Gasteiger partial charge in [0.05, 0.1) is 0 Å². The first-order chi connectivity index (χ1) is 7.38. The van der Waals surface area contributed by atoms with E-state index in [-0.39, 0.29) is 23.3 Å². The molecular weight excluding hydrogens is 232 g/mol. The Morgan fingerprint density at radius 2 is 2.12 bits per heavy atom. The summed E-state index contributed by atoms with van der Waals surface area (Å²) in [4.78, 5) is 0.0808. The molecule has 0 radical (unpaired) electrons. The highest BCUT2D eigenvalue weighted by atomic mass is 32.2. The lowest BCUT2D eigenvalue weighted by molar-refractivity contribution is 0.275. The summed E-state index contributed by atoms with van der Waals surface area (Å²) in [5, 5.41) is 12.3. The van der Waals surface area contributed by atoms with Crippen LogP contribution in [0.5, 0.6) is 0 Å². The van der Waals surface area contributed by atoms with Crippen molar-refractivity contribution in [3.63, 3.8) is 0 Å². The predicted molar refractivity (Wildman–Crippen MR) is 57.5 cm³/mol. The summed E-state index contributed by atoms with van der Waals surface area (Å²) in [6.45, 7) is 4.74. The third-order valence-corrected chi connectivity index (χ3v) is 3.99. The fourth-order valence-corrected chi connectivity index (χ4v) is 3.04. The van der Waals surface area contributed by atoms with Crippen LogP contribution in [0, 0.1) is 13.8 Å². The highest BCUT2D eigenvalue weighted by molar-refractivity contribution is 7.89. The van der Waals surface area contributed by atoms with Crippen molar-refractivity contribution in [3.05, 3.63) is 11.5 Å². The number of rotatable bonds is 5. The van der Waals surface area contributed by atoms with E-state index < -0.39 is 10.0 Å². The van der Waals surface area contributed by atoms with Gasteiger partial charge in [0.25, 0.3) is 0 Å². The number of sulfonamides is 1. The number of nitrogens with one attached hydrogen (secondary N) is 1. The molecule has 0 aromatic carbocycles. The normalized spacial score (nSPS) is 14.0. The SMILES string of the molecule is Cc1noc(C)c1S(=O)(=O)NC(C)CCO. The molecular formula is C9H16N2O4S. The molecule has 6 nitrogen and oxygen atoms in total. The third kappa shape index (κ3) is 2.81. The van der Waals surface area contributed by atoms with Gasteiger partial charge in [-0.05, 0) is 27.2 Å². The monoisotopic (exact) mass is 248 g/mol. The van der Waals surface area contributed by atoms with Gasteiger partial charge in [-0.25, -0.2) is 13.1 Å². The summed E-state index contributed by atoms with van der Waals surface area (Å²) < 4.78 is 31.1. The van der Waals surface area contributed by atoms with Gasteiger partial charge in [-0.2, -0.15) is 0 Å². The first-order valence-electron chi connectivity index (χ1n) is 4.94. The molecule has 0 saturated heterocycles. The van der Waals surface area contributed by atoms with E-state index in [0.29, 0.717) is 12.1 Å². The Hall–Kier alpha value is -0.920. The fourth-order valence-electron chi connectivity index (χ4n) is 1.43. The number of aryl methyl sites for hydroxylation is 2. The molecule has 0 aliphatic rings. The van der Waals surface area contributed by atoms with Crippen molar-refractivity contribution in [3.8, 4) is 0 Å². The molecule has 16 heavy (non-hydrogen) atoms. The molecule has 1 rings (SSSR count). The van der Waals surface area contributed by atoms with Gasteiger partial charge < -0.3 is 9.63 Å². The van der Waals surface area contributed by atoms with Crippen LogP contribution in [0.3, 0.4) is 0 Å². The zero-order valence-corrected chi connectivity index (χ0v) is 10.3. The van der Waals surface area contributed by atoms with E-state index in [2.05, 4.69) is 9.88 Å². The minimum atomic E-state index is -3.62. The molecule has 92 valence electrons. The van der Waals surface area contributed by atoms with Gasteiger partial charge in [0, 0.05) is 12.6 Å². The molecule has 2 N–H and O–H groups in total. The highest BCUT2D eigenvalue weighted by Gasteiger charge is 2.25. The van der Waals surface area contributed by atoms with Gasteiger partial charge >= 0.3 is 0 Å². The molecule has 0 saturated carbocycles. The van der Waals surface area contributed by atoms with Crippen LogP contribution >= 0.6 is 0 Å². The Morgan fingerprint density at radius 3 is 2.56 bits per heavy atom. The molecule has 0 amide bonds. The second-order valence-electron chi connectivity index (χ2n) is 3.69. The van der Waals surface area contributed by atoms with Gasteiger partial charge in [-0.3, -0.25) is 0 Å². The lowest BCUT2D eigenvalue weighted by Gasteiger charge is -2.12. The standard InChI is InChI=1S/C9H16N2O4S/c1-6(4-5-12)11-16(13,14)9-7(2)10-15-8(9)3/h6,11-12H,4-5H2,1-3H3. The van der Waals surface area contributed by atoms with Gasteiger partial charge in [0.15, 0.2) is 5.76 Å². The van der Waals surface area contributed by atoms with Gasteiger partial charge in [0.1, 0.15) is 10.6 Å². The van der Waals surface area contributed by atoms with Gasteiger partial charge in [-0.15, -0.1) is 0 Å². The summed E-state index contributed by atoms with van der Waals surface area (Å²) in [6, 6.07) is -0.330. The molecule has 0 aliphatic carbocycles. The molecule has 1 unspecified atom stereocenters. The smallest absolute Gasteiger partial charge is 0.246 e. The molecule has 1 atom stereocenters. The van der Waals surface area contributed by atoms with Crippen LogP contribution in [0.1, 0.15) is 24.8 Å². The number of hydrogen-bond donors (Lipinski definition) is 2. The van der Waals surface area contributed by atoms with E-state index in [9.17, 15) is 8.42 Å². The number of aliphatic hydroxyl groups is 1. The molecule has 0 spiro atoms. The van der Waals surface area contributed by atoms with Crippen LogP contribution in [0.4, 0.5) is 0 Å². The average molecular weight is 248 g/mol. The quantitative estimate of drug-likeness (QED) is 0.784. The number of aromatic nitrogens is 1. The van der Waals surface area contributed by atoms with E-state index in [1.165, 1.54) is 0 Å². The highest BCUT2D eigenvalue weighted by Crippen LogP contribution is 2.18. The van der Waals surface area contributed by atoms with Crippen LogP contribution in [0.15, 0.2) is 9.42 Å². The van der Waals surface area contributed by atoms with E-state index >= 15 is 0 Å². The maximum Gasteiger partial charge on any atom is 0.246 e. The van der Waals surface area contributed by atoms with Crippen molar-refractivity contribution < 1.29 is 18.0 Å². The Kier molecular flexibility index (Phi) is 4.06. The van der Waals surface area contributed by atoms with Crippen molar-refractivity contribution in [2.24, 2.45) is 0 Å². The zero-order chi connectivity index (χ0) is 12.3. The van der Waals surface area contributed by atoms with Crippen molar-refractivity contribution in [2.75, 3.05) is 6.61 Å². The van der Waals surface area contributed by atoms with Crippen LogP contribution in [0.25, 0.3) is 0 Å². The molecule has 0 aliphatic heterocycles. The van der Waals surface area contributed by atoms with Crippen molar-refractivity contribution in [2.45, 2.75) is 38.1 Å². The number of nitrogens with zero attached hydrogens (tertiary/aromatic N) is 1. The Balaban J connectivity index is 2.95. The van der Waals surface area contributed by atoms with E-state index in [1.807, 2.05) is 0 Å². The molecule has 1 aromatic heterocycles. The van der Waals surface area contributed by atoms with E-state index in [0.717, 1.165) is 0 Å². The van der Waals surface area contributed by atoms with E-state index in [1.54, 1.807) is 20.8 Å². The first-order valence-corrected chi connectivity index (χ1v) is 6.43. The topological polar surface area (TPSA) is 92.4 Å². The molecule has 1 aromatic rings. The second-order valence-corrected chi connectivity index (χ2v) is 5.34. The average Bonchev–Trinajstić information content (AvgIpc) is 2.45. The lowest BCUT2D eigenvalue weighted by Crippen LogP contribution is -2.33. The molecule has 7 heteroatoms. The minimum Gasteiger partial charge on any atom is -0.396 e. The van der Waals surface area contributed by atoms with Crippen molar-refractivity contribution in [1.29, 1.82) is 0 Å². The summed E-state index contributed by atoms with van der Waals surface area (Å²) in [5.74, 6) is 0.265. The predicted octanol–water partition coefficient (Wildman–Crippen LogP) is 0.341. The number of aliphatic hydroxyl groups excluding tert-OH is 1. The summed E-state index contributed by atoms with van der Waals surface area (Å²) in [6.07, 6.45) is 0.364. The Morgan fingerprint density at radius 1 is 1.50 bits per heavy atom. The molecule has 0 bridgehead atoms. The maximum atomic E-state index is 11.9. The summed E-state index contributed by atoms with van der Waals surface area (Å²) >= 11 is 0. The molecule has 0 fully saturated rings. The summed E-state index contributed by atoms with van der Waals surface area (Å²) in [5.41, 5.74) is 0.334. The van der Waals surface area contributed by atoms with Crippen molar-refractivity contribution >= 4 is 10.0 Å². The zero-order valence-electron chi connectivity index (χ0n) is 9.52. The summed E-state index contributed by atoms with van der Waals surface area (Å²) in [7, 11) is -3.62. The van der Waals surface area contributed by atoms with Gasteiger partial charge in [0.2, 0.25) is 10.0 Å². The van der Waals surface area contributed by atoms with Crippen LogP contribution in [0.2, 0.25) is 0 Å². The Bertz CT molecular complexity index is 433. The minimum absolute atomic E-state index is 0.0642. The van der Waals surface area contributed by atoms with Crippen LogP contribution < -0.4 is 4.72 Å². The molecule has 1 heterocycles. The first kappa shape index (κ1) is 13.1.